The van der Waals surface area contributed by atoms with Crippen molar-refractivity contribution in [2.45, 2.75) is 11.0 Å². The second-order valence-electron chi connectivity index (χ2n) is 7.21. The predicted octanol–water partition coefficient (Wildman–Crippen LogP) is 3.48. The van der Waals surface area contributed by atoms with E-state index in [-0.39, 0.29) is 15.0 Å². The van der Waals surface area contributed by atoms with Crippen LogP contribution in [0.4, 0.5) is 26.3 Å². The highest BCUT2D eigenvalue weighted by Crippen LogP contribution is 2.40. The van der Waals surface area contributed by atoms with Crippen LogP contribution in [0.2, 0.25) is 0 Å². The molecule has 0 aliphatic carbocycles. The topological polar surface area (TPSA) is 117 Å². The standard InChI is InChI=1S/C19H11F6N3O6S2/c1-27-12-8-4-2-6-10(12)15(34-36(32,33)19(23,24)25)14(17(27)29)16-26-11-7-3-5-9-13(11)28(16)35(30,31)18(20,21)22/h2-9H,1H3. The number of halogens is 6. The van der Waals surface area contributed by atoms with Crippen molar-refractivity contribution >= 4 is 42.1 Å². The second kappa shape index (κ2) is 7.95. The molecule has 0 unspecified atom stereocenters. The van der Waals surface area contributed by atoms with Gasteiger partial charge in [-0.05, 0) is 24.3 Å². The molecule has 4 aromatic rings. The molecule has 0 spiro atoms. The summed E-state index contributed by atoms with van der Waals surface area (Å²) >= 11 is 0. The zero-order valence-electron chi connectivity index (χ0n) is 17.5. The lowest BCUT2D eigenvalue weighted by Crippen LogP contribution is -2.32. The first-order valence-electron chi connectivity index (χ1n) is 9.41. The molecule has 2 aromatic carbocycles. The van der Waals surface area contributed by atoms with Gasteiger partial charge >= 0.3 is 31.2 Å². The average Bonchev–Trinajstić information content (AvgIpc) is 3.15. The third-order valence-corrected chi connectivity index (χ3v) is 7.40. The third-order valence-electron chi connectivity index (χ3n) is 5.01. The summed E-state index contributed by atoms with van der Waals surface area (Å²) in [5.41, 5.74) is -15.8. The number of hydrogen-bond donors (Lipinski definition) is 0. The lowest BCUT2D eigenvalue weighted by atomic mass is 10.1. The van der Waals surface area contributed by atoms with Gasteiger partial charge < -0.3 is 8.75 Å². The van der Waals surface area contributed by atoms with E-state index < -0.39 is 64.8 Å². The summed E-state index contributed by atoms with van der Waals surface area (Å²) < 4.78 is 134. The number of rotatable bonds is 4. The van der Waals surface area contributed by atoms with Crippen LogP contribution in [-0.4, -0.2) is 41.4 Å². The van der Waals surface area contributed by atoms with Crippen molar-refractivity contribution in [3.8, 4) is 17.1 Å². The van der Waals surface area contributed by atoms with Gasteiger partial charge in [0.2, 0.25) is 0 Å². The summed E-state index contributed by atoms with van der Waals surface area (Å²) in [6.45, 7) is 0. The second-order valence-corrected chi connectivity index (χ2v) is 10.5. The number of nitrogens with zero attached hydrogens (tertiary/aromatic N) is 3. The van der Waals surface area contributed by atoms with Crippen molar-refractivity contribution in [1.82, 2.24) is 13.5 Å². The molecule has 0 radical (unpaired) electrons. The van der Waals surface area contributed by atoms with Gasteiger partial charge in [-0.1, -0.05) is 24.3 Å². The lowest BCUT2D eigenvalue weighted by molar-refractivity contribution is -0.0499. The first-order valence-corrected chi connectivity index (χ1v) is 12.3. The van der Waals surface area contributed by atoms with Gasteiger partial charge in [-0.15, -0.1) is 0 Å². The average molecular weight is 555 g/mol. The van der Waals surface area contributed by atoms with Crippen LogP contribution in [-0.2, 0) is 27.2 Å². The number of imidazole rings is 1. The molecule has 0 N–H and O–H groups in total. The van der Waals surface area contributed by atoms with Crippen molar-refractivity contribution < 1.29 is 47.4 Å². The Kier molecular flexibility index (Phi) is 5.63. The summed E-state index contributed by atoms with van der Waals surface area (Å²) in [4.78, 5) is 17.0. The van der Waals surface area contributed by atoms with Gasteiger partial charge in [0.25, 0.3) is 5.56 Å². The van der Waals surface area contributed by atoms with E-state index in [2.05, 4.69) is 9.17 Å². The van der Waals surface area contributed by atoms with Crippen LogP contribution in [0.3, 0.4) is 0 Å². The number of aryl methyl sites for hydroxylation is 1. The fourth-order valence-electron chi connectivity index (χ4n) is 3.42. The highest BCUT2D eigenvalue weighted by molar-refractivity contribution is 7.91. The summed E-state index contributed by atoms with van der Waals surface area (Å²) in [5, 5.41) is -0.453. The number of alkyl halides is 6. The molecule has 36 heavy (non-hydrogen) atoms. The fraction of sp³-hybridized carbons (Fsp3) is 0.158. The molecule has 0 fully saturated rings. The van der Waals surface area contributed by atoms with E-state index in [9.17, 15) is 48.0 Å². The van der Waals surface area contributed by atoms with E-state index >= 15 is 0 Å². The molecule has 0 aliphatic heterocycles. The van der Waals surface area contributed by atoms with Crippen LogP contribution in [0.15, 0.2) is 53.3 Å². The van der Waals surface area contributed by atoms with Crippen molar-refractivity contribution in [1.29, 1.82) is 0 Å². The Hall–Kier alpha value is -3.60. The predicted molar refractivity (Wildman–Crippen MR) is 114 cm³/mol. The maximum Gasteiger partial charge on any atom is 0.534 e. The van der Waals surface area contributed by atoms with Gasteiger partial charge in [-0.2, -0.15) is 43.2 Å². The van der Waals surface area contributed by atoms with E-state index in [1.54, 1.807) is 0 Å². The fourth-order valence-corrected chi connectivity index (χ4v) is 4.88. The first-order chi connectivity index (χ1) is 16.5. The molecular formula is C19H11F6N3O6S2. The highest BCUT2D eigenvalue weighted by Gasteiger charge is 2.51. The number of para-hydroxylation sites is 3. The Labute approximate surface area is 197 Å². The minimum absolute atomic E-state index is 0.167. The summed E-state index contributed by atoms with van der Waals surface area (Å²) in [5.74, 6) is -2.65. The number of hydrogen-bond acceptors (Lipinski definition) is 7. The maximum atomic E-state index is 13.6. The number of benzene rings is 2. The lowest BCUT2D eigenvalue weighted by Gasteiger charge is -2.18. The monoisotopic (exact) mass is 555 g/mol. The largest absolute Gasteiger partial charge is 0.534 e. The van der Waals surface area contributed by atoms with Gasteiger partial charge in [0.1, 0.15) is 5.56 Å². The van der Waals surface area contributed by atoms with E-state index in [1.807, 2.05) is 0 Å². The molecule has 4 rings (SSSR count). The Bertz CT molecular complexity index is 1810. The van der Waals surface area contributed by atoms with Gasteiger partial charge in [0, 0.05) is 12.4 Å². The molecule has 0 atom stereocenters. The minimum Gasteiger partial charge on any atom is -0.374 e. The highest BCUT2D eigenvalue weighted by atomic mass is 32.2. The number of pyridine rings is 1. The van der Waals surface area contributed by atoms with Crippen molar-refractivity contribution in [3.05, 3.63) is 58.9 Å². The molecule has 0 bridgehead atoms. The Morgan fingerprint density at radius 1 is 0.833 bits per heavy atom. The third kappa shape index (κ3) is 3.78. The SMILES string of the molecule is Cn1c(=O)c(-c2nc3ccccc3n2S(=O)(=O)C(F)(F)F)c(OS(=O)(=O)C(F)(F)F)c2ccccc21. The van der Waals surface area contributed by atoms with Crippen LogP contribution >= 0.6 is 0 Å². The van der Waals surface area contributed by atoms with Crippen LogP contribution in [0, 0.1) is 0 Å². The van der Waals surface area contributed by atoms with Crippen LogP contribution in [0.5, 0.6) is 5.75 Å². The normalized spacial score (nSPS) is 13.4. The molecule has 9 nitrogen and oxygen atoms in total. The van der Waals surface area contributed by atoms with Crippen molar-refractivity contribution in [3.63, 3.8) is 0 Å². The minimum atomic E-state index is -6.47. The van der Waals surface area contributed by atoms with Gasteiger partial charge in [0.15, 0.2) is 11.6 Å². The molecule has 0 saturated carbocycles. The molecule has 0 amide bonds. The van der Waals surface area contributed by atoms with Crippen molar-refractivity contribution in [2.24, 2.45) is 7.05 Å². The summed E-state index contributed by atoms with van der Waals surface area (Å²) in [6, 6.07) is 9.21. The van der Waals surface area contributed by atoms with Crippen molar-refractivity contribution in [2.75, 3.05) is 0 Å². The van der Waals surface area contributed by atoms with Crippen LogP contribution < -0.4 is 9.74 Å². The molecule has 192 valence electrons. The molecule has 0 saturated heterocycles. The van der Waals surface area contributed by atoms with Gasteiger partial charge in [0.05, 0.1) is 16.6 Å². The molecule has 2 aromatic heterocycles. The smallest absolute Gasteiger partial charge is 0.374 e. The molecular weight excluding hydrogens is 544 g/mol. The summed E-state index contributed by atoms with van der Waals surface area (Å²) in [6.07, 6.45) is 0. The molecule has 17 heteroatoms. The zero-order chi connectivity index (χ0) is 26.8. The Balaban J connectivity index is 2.25. The first kappa shape index (κ1) is 25.5. The maximum absolute atomic E-state index is 13.6. The van der Waals surface area contributed by atoms with E-state index in [0.717, 1.165) is 35.9 Å². The van der Waals surface area contributed by atoms with Gasteiger partial charge in [-0.3, -0.25) is 4.79 Å². The summed E-state index contributed by atoms with van der Waals surface area (Å²) in [7, 11) is -11.7. The quantitative estimate of drug-likeness (QED) is 0.215. The van der Waals surface area contributed by atoms with Crippen LogP contribution in [0.1, 0.15) is 0 Å². The van der Waals surface area contributed by atoms with Gasteiger partial charge in [-0.25, -0.2) is 8.96 Å². The number of aromatic nitrogens is 3. The molecule has 2 heterocycles. The molecule has 0 aliphatic rings. The number of fused-ring (bicyclic) bond motifs is 2. The van der Waals surface area contributed by atoms with E-state index in [0.29, 0.717) is 0 Å². The Morgan fingerprint density at radius 2 is 1.39 bits per heavy atom. The van der Waals surface area contributed by atoms with E-state index in [1.165, 1.54) is 24.3 Å². The Morgan fingerprint density at radius 3 is 1.97 bits per heavy atom. The van der Waals surface area contributed by atoms with E-state index in [4.69, 9.17) is 0 Å². The van der Waals surface area contributed by atoms with Crippen LogP contribution in [0.25, 0.3) is 33.3 Å². The zero-order valence-corrected chi connectivity index (χ0v) is 19.1.